The SMILES string of the molecule is O=C(Nc1ccccc1Cl)c1ccnc(C2CCNCC2)c1. The second kappa shape index (κ2) is 6.90. The highest BCUT2D eigenvalue weighted by molar-refractivity contribution is 6.33. The molecular formula is C17H18ClN3O. The van der Waals surface area contributed by atoms with Crippen LogP contribution in [0.15, 0.2) is 42.6 Å². The van der Waals surface area contributed by atoms with E-state index >= 15 is 0 Å². The summed E-state index contributed by atoms with van der Waals surface area (Å²) < 4.78 is 0. The highest BCUT2D eigenvalue weighted by Gasteiger charge is 2.18. The molecule has 0 aliphatic carbocycles. The van der Waals surface area contributed by atoms with Gasteiger partial charge in [0.1, 0.15) is 0 Å². The van der Waals surface area contributed by atoms with Crippen LogP contribution in [0.3, 0.4) is 0 Å². The number of nitrogens with zero attached hydrogens (tertiary/aromatic N) is 1. The van der Waals surface area contributed by atoms with Gasteiger partial charge in [0.05, 0.1) is 10.7 Å². The van der Waals surface area contributed by atoms with Crippen LogP contribution in [0.4, 0.5) is 5.69 Å². The van der Waals surface area contributed by atoms with E-state index in [4.69, 9.17) is 11.6 Å². The lowest BCUT2D eigenvalue weighted by atomic mass is 9.93. The Labute approximate surface area is 134 Å². The zero-order chi connectivity index (χ0) is 15.4. The summed E-state index contributed by atoms with van der Waals surface area (Å²) in [4.78, 5) is 16.8. The van der Waals surface area contributed by atoms with Crippen molar-refractivity contribution < 1.29 is 4.79 Å². The van der Waals surface area contributed by atoms with Gasteiger partial charge in [0.2, 0.25) is 0 Å². The van der Waals surface area contributed by atoms with Gasteiger partial charge in [-0.05, 0) is 50.2 Å². The minimum Gasteiger partial charge on any atom is -0.321 e. The molecule has 5 heteroatoms. The van der Waals surface area contributed by atoms with Gasteiger partial charge < -0.3 is 10.6 Å². The molecule has 2 heterocycles. The van der Waals surface area contributed by atoms with Crippen molar-refractivity contribution >= 4 is 23.2 Å². The van der Waals surface area contributed by atoms with Crippen molar-refractivity contribution in [3.63, 3.8) is 0 Å². The molecule has 0 unspecified atom stereocenters. The lowest BCUT2D eigenvalue weighted by Crippen LogP contribution is -2.27. The predicted octanol–water partition coefficient (Wildman–Crippen LogP) is 3.45. The maximum absolute atomic E-state index is 12.4. The fraction of sp³-hybridized carbons (Fsp3) is 0.294. The number of halogens is 1. The zero-order valence-electron chi connectivity index (χ0n) is 12.2. The normalized spacial score (nSPS) is 15.5. The van der Waals surface area contributed by atoms with Crippen molar-refractivity contribution in [2.24, 2.45) is 0 Å². The number of pyridine rings is 1. The van der Waals surface area contributed by atoms with E-state index in [1.165, 1.54) is 0 Å². The zero-order valence-corrected chi connectivity index (χ0v) is 12.9. The number of carbonyl (C=O) groups excluding carboxylic acids is 1. The Hall–Kier alpha value is -1.91. The van der Waals surface area contributed by atoms with Gasteiger partial charge in [-0.3, -0.25) is 9.78 Å². The van der Waals surface area contributed by atoms with Crippen LogP contribution in [0.1, 0.15) is 34.8 Å². The van der Waals surface area contributed by atoms with E-state index in [1.807, 2.05) is 18.2 Å². The van der Waals surface area contributed by atoms with E-state index in [0.717, 1.165) is 31.6 Å². The molecule has 1 amide bonds. The third kappa shape index (κ3) is 3.46. The molecule has 1 aromatic heterocycles. The van der Waals surface area contributed by atoms with Gasteiger partial charge in [-0.2, -0.15) is 0 Å². The highest BCUT2D eigenvalue weighted by atomic mass is 35.5. The van der Waals surface area contributed by atoms with Crippen molar-refractivity contribution in [1.82, 2.24) is 10.3 Å². The van der Waals surface area contributed by atoms with E-state index in [-0.39, 0.29) is 5.91 Å². The fourth-order valence-corrected chi connectivity index (χ4v) is 2.87. The minimum absolute atomic E-state index is 0.161. The number of benzene rings is 1. The quantitative estimate of drug-likeness (QED) is 0.912. The van der Waals surface area contributed by atoms with Gasteiger partial charge in [-0.1, -0.05) is 23.7 Å². The van der Waals surface area contributed by atoms with Crippen molar-refractivity contribution in [3.8, 4) is 0 Å². The molecule has 2 N–H and O–H groups in total. The largest absolute Gasteiger partial charge is 0.321 e. The number of para-hydroxylation sites is 1. The highest BCUT2D eigenvalue weighted by Crippen LogP contribution is 2.25. The molecule has 0 atom stereocenters. The van der Waals surface area contributed by atoms with E-state index in [0.29, 0.717) is 22.2 Å². The number of rotatable bonds is 3. The van der Waals surface area contributed by atoms with E-state index < -0.39 is 0 Å². The molecule has 2 aromatic rings. The first-order chi connectivity index (χ1) is 10.7. The second-order valence-electron chi connectivity index (χ2n) is 5.43. The molecule has 1 aliphatic rings. The number of nitrogens with one attached hydrogen (secondary N) is 2. The van der Waals surface area contributed by atoms with Crippen LogP contribution in [0.5, 0.6) is 0 Å². The van der Waals surface area contributed by atoms with E-state index in [1.54, 1.807) is 24.4 Å². The van der Waals surface area contributed by atoms with Gasteiger partial charge >= 0.3 is 0 Å². The molecular weight excluding hydrogens is 298 g/mol. The van der Waals surface area contributed by atoms with Crippen molar-refractivity contribution in [2.75, 3.05) is 18.4 Å². The Kier molecular flexibility index (Phi) is 4.71. The number of amides is 1. The number of anilines is 1. The van der Waals surface area contributed by atoms with Crippen LogP contribution in [0.2, 0.25) is 5.02 Å². The topological polar surface area (TPSA) is 54.0 Å². The first-order valence-electron chi connectivity index (χ1n) is 7.46. The first-order valence-corrected chi connectivity index (χ1v) is 7.84. The summed E-state index contributed by atoms with van der Waals surface area (Å²) in [6.45, 7) is 2.00. The Morgan fingerprint density at radius 3 is 2.77 bits per heavy atom. The van der Waals surface area contributed by atoms with Gasteiger partial charge in [0.25, 0.3) is 5.91 Å². The summed E-state index contributed by atoms with van der Waals surface area (Å²) in [5.41, 5.74) is 2.23. The molecule has 4 nitrogen and oxygen atoms in total. The van der Waals surface area contributed by atoms with Crippen molar-refractivity contribution in [3.05, 3.63) is 58.9 Å². The molecule has 1 aliphatic heterocycles. The average Bonchev–Trinajstić information content (AvgIpc) is 2.58. The van der Waals surface area contributed by atoms with Crippen LogP contribution in [0.25, 0.3) is 0 Å². The summed E-state index contributed by atoms with van der Waals surface area (Å²) in [7, 11) is 0. The number of hydrogen-bond donors (Lipinski definition) is 2. The molecule has 1 saturated heterocycles. The first kappa shape index (κ1) is 15.0. The monoisotopic (exact) mass is 315 g/mol. The maximum Gasteiger partial charge on any atom is 0.255 e. The molecule has 22 heavy (non-hydrogen) atoms. The lowest BCUT2D eigenvalue weighted by molar-refractivity contribution is 0.102. The lowest BCUT2D eigenvalue weighted by Gasteiger charge is -2.22. The average molecular weight is 316 g/mol. The van der Waals surface area contributed by atoms with Crippen LogP contribution in [-0.2, 0) is 0 Å². The summed E-state index contributed by atoms with van der Waals surface area (Å²) >= 11 is 6.07. The smallest absolute Gasteiger partial charge is 0.255 e. The Bertz CT molecular complexity index is 668. The Morgan fingerprint density at radius 1 is 1.23 bits per heavy atom. The Balaban J connectivity index is 1.76. The standard InChI is InChI=1S/C17H18ClN3O/c18-14-3-1-2-4-15(14)21-17(22)13-7-10-20-16(11-13)12-5-8-19-9-6-12/h1-4,7,10-12,19H,5-6,8-9H2,(H,21,22). The van der Waals surface area contributed by atoms with Gasteiger partial charge in [-0.15, -0.1) is 0 Å². The van der Waals surface area contributed by atoms with Crippen LogP contribution >= 0.6 is 11.6 Å². The van der Waals surface area contributed by atoms with Gasteiger partial charge in [0, 0.05) is 23.4 Å². The number of hydrogen-bond acceptors (Lipinski definition) is 3. The molecule has 0 bridgehead atoms. The summed E-state index contributed by atoms with van der Waals surface area (Å²) in [5, 5.41) is 6.72. The summed E-state index contributed by atoms with van der Waals surface area (Å²) in [6, 6.07) is 10.8. The van der Waals surface area contributed by atoms with E-state index in [9.17, 15) is 4.79 Å². The molecule has 114 valence electrons. The summed E-state index contributed by atoms with van der Waals surface area (Å²) in [6.07, 6.45) is 3.82. The number of aromatic nitrogens is 1. The summed E-state index contributed by atoms with van der Waals surface area (Å²) in [5.74, 6) is 0.264. The predicted molar refractivity (Wildman–Crippen MR) is 88.5 cm³/mol. The van der Waals surface area contributed by atoms with Gasteiger partial charge in [-0.25, -0.2) is 0 Å². The van der Waals surface area contributed by atoms with E-state index in [2.05, 4.69) is 15.6 Å². The molecule has 0 spiro atoms. The molecule has 3 rings (SSSR count). The molecule has 1 fully saturated rings. The third-order valence-corrected chi connectivity index (χ3v) is 4.25. The number of piperidine rings is 1. The third-order valence-electron chi connectivity index (χ3n) is 3.92. The maximum atomic E-state index is 12.4. The van der Waals surface area contributed by atoms with Gasteiger partial charge in [0.15, 0.2) is 0 Å². The van der Waals surface area contributed by atoms with Crippen molar-refractivity contribution in [1.29, 1.82) is 0 Å². The van der Waals surface area contributed by atoms with Crippen molar-refractivity contribution in [2.45, 2.75) is 18.8 Å². The molecule has 0 radical (unpaired) electrons. The second-order valence-corrected chi connectivity index (χ2v) is 5.83. The van der Waals surface area contributed by atoms with Crippen LogP contribution in [-0.4, -0.2) is 24.0 Å². The molecule has 0 saturated carbocycles. The van der Waals surface area contributed by atoms with Crippen LogP contribution < -0.4 is 10.6 Å². The fourth-order valence-electron chi connectivity index (χ4n) is 2.69. The minimum atomic E-state index is -0.161. The molecule has 1 aromatic carbocycles. The Morgan fingerprint density at radius 2 is 2.00 bits per heavy atom. The number of carbonyl (C=O) groups is 1. The van der Waals surface area contributed by atoms with Crippen LogP contribution in [0, 0.1) is 0 Å².